The van der Waals surface area contributed by atoms with Gasteiger partial charge in [0.1, 0.15) is 5.82 Å². The molecule has 2 aliphatic rings. The molecular weight excluding hydrogens is 523 g/mol. The molecule has 0 radical (unpaired) electrons. The molecule has 0 aromatic heterocycles. The fourth-order valence-electron chi connectivity index (χ4n) is 5.49. The Kier molecular flexibility index (Phi) is 7.29. The lowest BCUT2D eigenvalue weighted by atomic mass is 9.62. The van der Waals surface area contributed by atoms with Gasteiger partial charge in [0.25, 0.3) is 11.5 Å². The molecule has 11 heteroatoms. The highest BCUT2D eigenvalue weighted by atomic mass is 35.5. The molecule has 2 unspecified atom stereocenters. The van der Waals surface area contributed by atoms with Crippen LogP contribution in [0.5, 0.6) is 0 Å². The van der Waals surface area contributed by atoms with Gasteiger partial charge in [-0.1, -0.05) is 35.3 Å². The second-order valence-corrected chi connectivity index (χ2v) is 10.2. The van der Waals surface area contributed by atoms with Crippen molar-refractivity contribution in [1.82, 2.24) is 10.2 Å². The summed E-state index contributed by atoms with van der Waals surface area (Å²) in [6, 6.07) is 9.28. The molecule has 2 heterocycles. The van der Waals surface area contributed by atoms with E-state index in [-0.39, 0.29) is 41.4 Å². The SMILES string of the molecule is COC(C(=O)N1CCC2(CC1)CC(=O)NCC2c1ccc(F)cc1)(c1cc(Cl)cc(Cl)c1)C(F)(F)F. The predicted octanol–water partition coefficient (Wildman–Crippen LogP) is 5.45. The number of hydrogen-bond donors (Lipinski definition) is 1. The first-order chi connectivity index (χ1) is 16.9. The minimum atomic E-state index is -5.11. The molecule has 2 amide bonds. The number of alkyl halides is 3. The third kappa shape index (κ3) is 4.68. The van der Waals surface area contributed by atoms with Crippen molar-refractivity contribution < 1.29 is 31.9 Å². The Balaban J connectivity index is 1.64. The molecule has 4 rings (SSSR count). The lowest BCUT2D eigenvalue weighted by Gasteiger charge is -2.50. The van der Waals surface area contributed by atoms with Crippen LogP contribution in [-0.2, 0) is 19.9 Å². The number of carbonyl (C=O) groups is 2. The minimum Gasteiger partial charge on any atom is -0.356 e. The van der Waals surface area contributed by atoms with Crippen LogP contribution < -0.4 is 5.32 Å². The van der Waals surface area contributed by atoms with Gasteiger partial charge in [-0.15, -0.1) is 0 Å². The van der Waals surface area contributed by atoms with Crippen LogP contribution in [0.1, 0.15) is 36.3 Å². The Morgan fingerprint density at radius 3 is 2.19 bits per heavy atom. The smallest absolute Gasteiger partial charge is 0.356 e. The standard InChI is InChI=1S/C25H24Cl2F4N2O3/c1-36-24(25(29,30)31,16-10-17(26)12-18(27)11-16)22(35)33-8-6-23(7-9-33)13-21(34)32-14-20(23)15-2-4-19(28)5-3-15/h2-5,10-12,20H,6-9,13-14H2,1H3,(H,32,34). The zero-order valence-corrected chi connectivity index (χ0v) is 20.8. The Morgan fingerprint density at radius 1 is 1.08 bits per heavy atom. The topological polar surface area (TPSA) is 58.6 Å². The fourth-order valence-corrected chi connectivity index (χ4v) is 6.02. The van der Waals surface area contributed by atoms with Gasteiger partial charge >= 0.3 is 6.18 Å². The van der Waals surface area contributed by atoms with E-state index in [2.05, 4.69) is 5.32 Å². The minimum absolute atomic E-state index is 0.0146. The molecular formula is C25H24Cl2F4N2O3. The Morgan fingerprint density at radius 2 is 1.67 bits per heavy atom. The van der Waals surface area contributed by atoms with E-state index >= 15 is 0 Å². The van der Waals surface area contributed by atoms with Gasteiger partial charge in [-0.05, 0) is 54.2 Å². The lowest BCUT2D eigenvalue weighted by molar-refractivity contribution is -0.271. The molecule has 2 aromatic carbocycles. The van der Waals surface area contributed by atoms with Crippen molar-refractivity contribution in [3.05, 3.63) is 69.5 Å². The van der Waals surface area contributed by atoms with Crippen molar-refractivity contribution >= 4 is 35.0 Å². The Hall–Kier alpha value is -2.36. The van der Waals surface area contributed by atoms with E-state index in [0.29, 0.717) is 19.4 Å². The van der Waals surface area contributed by atoms with E-state index in [0.717, 1.165) is 29.7 Å². The lowest BCUT2D eigenvalue weighted by Crippen LogP contribution is -2.60. The predicted molar refractivity (Wildman–Crippen MR) is 126 cm³/mol. The van der Waals surface area contributed by atoms with Gasteiger partial charge in [0, 0.05) is 54.7 Å². The van der Waals surface area contributed by atoms with Crippen molar-refractivity contribution in [2.75, 3.05) is 26.7 Å². The highest BCUT2D eigenvalue weighted by molar-refractivity contribution is 6.34. The van der Waals surface area contributed by atoms with E-state index in [4.69, 9.17) is 27.9 Å². The first-order valence-corrected chi connectivity index (χ1v) is 12.1. The highest BCUT2D eigenvalue weighted by Gasteiger charge is 2.64. The maximum atomic E-state index is 14.5. The summed E-state index contributed by atoms with van der Waals surface area (Å²) in [5, 5.41) is 2.70. The average Bonchev–Trinajstić information content (AvgIpc) is 2.80. The number of halogens is 6. The fraction of sp³-hybridized carbons (Fsp3) is 0.440. The number of nitrogens with one attached hydrogen (secondary N) is 1. The third-order valence-electron chi connectivity index (χ3n) is 7.35. The summed E-state index contributed by atoms with van der Waals surface area (Å²) in [5.74, 6) is -2.00. The van der Waals surface area contributed by atoms with Crippen molar-refractivity contribution in [2.45, 2.75) is 37.0 Å². The number of rotatable bonds is 4. The molecule has 0 aliphatic carbocycles. The molecule has 5 nitrogen and oxygen atoms in total. The number of piperidine rings is 2. The average molecular weight is 547 g/mol. The molecule has 2 atom stereocenters. The quantitative estimate of drug-likeness (QED) is 0.519. The number of methoxy groups -OCH3 is 1. The van der Waals surface area contributed by atoms with Crippen LogP contribution >= 0.6 is 23.2 Å². The van der Waals surface area contributed by atoms with Gasteiger partial charge in [0.15, 0.2) is 0 Å². The van der Waals surface area contributed by atoms with Crippen molar-refractivity contribution in [3.8, 4) is 0 Å². The summed E-state index contributed by atoms with van der Waals surface area (Å²) in [6.45, 7) is 0.294. The summed E-state index contributed by atoms with van der Waals surface area (Å²) in [5.41, 5.74) is -3.57. The summed E-state index contributed by atoms with van der Waals surface area (Å²) in [6.07, 6.45) is -4.36. The maximum absolute atomic E-state index is 14.5. The van der Waals surface area contributed by atoms with Crippen LogP contribution in [0.25, 0.3) is 0 Å². The van der Waals surface area contributed by atoms with Gasteiger partial charge in [-0.3, -0.25) is 9.59 Å². The molecule has 2 fully saturated rings. The zero-order valence-electron chi connectivity index (χ0n) is 19.3. The zero-order chi connectivity index (χ0) is 26.3. The number of nitrogens with zero attached hydrogens (tertiary/aromatic N) is 1. The van der Waals surface area contributed by atoms with Crippen LogP contribution in [-0.4, -0.2) is 49.6 Å². The molecule has 36 heavy (non-hydrogen) atoms. The highest BCUT2D eigenvalue weighted by Crippen LogP contribution is 2.50. The number of ether oxygens (including phenoxy) is 1. The van der Waals surface area contributed by atoms with E-state index in [1.165, 1.54) is 18.2 Å². The Labute approximate surface area is 215 Å². The molecule has 194 valence electrons. The number of amides is 2. The molecule has 2 saturated heterocycles. The molecule has 2 aromatic rings. The summed E-state index contributed by atoms with van der Waals surface area (Å²) in [7, 11) is 0.821. The molecule has 0 saturated carbocycles. The van der Waals surface area contributed by atoms with Gasteiger partial charge in [0.2, 0.25) is 5.91 Å². The van der Waals surface area contributed by atoms with Crippen LogP contribution in [0.4, 0.5) is 17.6 Å². The Bertz CT molecular complexity index is 1130. The normalized spacial score (nSPS) is 21.7. The third-order valence-corrected chi connectivity index (χ3v) is 7.79. The summed E-state index contributed by atoms with van der Waals surface area (Å²) in [4.78, 5) is 27.0. The van der Waals surface area contributed by atoms with Gasteiger partial charge in [-0.25, -0.2) is 4.39 Å². The van der Waals surface area contributed by atoms with E-state index in [9.17, 15) is 27.2 Å². The number of carbonyl (C=O) groups excluding carboxylic acids is 2. The van der Waals surface area contributed by atoms with Crippen LogP contribution in [0, 0.1) is 11.2 Å². The molecule has 1 N–H and O–H groups in total. The number of hydrogen-bond acceptors (Lipinski definition) is 3. The van der Waals surface area contributed by atoms with Crippen LogP contribution in [0.3, 0.4) is 0 Å². The summed E-state index contributed by atoms with van der Waals surface area (Å²) >= 11 is 11.9. The molecule has 1 spiro atoms. The van der Waals surface area contributed by atoms with Crippen LogP contribution in [0.15, 0.2) is 42.5 Å². The van der Waals surface area contributed by atoms with E-state index in [1.807, 2.05) is 0 Å². The molecule has 0 bridgehead atoms. The molecule has 2 aliphatic heterocycles. The second-order valence-electron chi connectivity index (χ2n) is 9.28. The summed E-state index contributed by atoms with van der Waals surface area (Å²) < 4.78 is 61.9. The first-order valence-electron chi connectivity index (χ1n) is 11.3. The van der Waals surface area contributed by atoms with E-state index < -0.39 is 34.5 Å². The van der Waals surface area contributed by atoms with Crippen molar-refractivity contribution in [1.29, 1.82) is 0 Å². The number of benzene rings is 2. The maximum Gasteiger partial charge on any atom is 0.430 e. The van der Waals surface area contributed by atoms with Crippen LogP contribution in [0.2, 0.25) is 10.0 Å². The van der Waals surface area contributed by atoms with Gasteiger partial charge in [0.05, 0.1) is 0 Å². The van der Waals surface area contributed by atoms with Gasteiger partial charge in [-0.2, -0.15) is 13.2 Å². The van der Waals surface area contributed by atoms with Crippen molar-refractivity contribution in [2.24, 2.45) is 5.41 Å². The van der Waals surface area contributed by atoms with E-state index in [1.54, 1.807) is 12.1 Å². The van der Waals surface area contributed by atoms with Crippen molar-refractivity contribution in [3.63, 3.8) is 0 Å². The first kappa shape index (κ1) is 26.7. The second kappa shape index (κ2) is 9.84. The van der Waals surface area contributed by atoms with Gasteiger partial charge < -0.3 is 15.0 Å². The number of likely N-dealkylation sites (tertiary alicyclic amines) is 1. The monoisotopic (exact) mass is 546 g/mol. The largest absolute Gasteiger partial charge is 0.430 e.